The topological polar surface area (TPSA) is 80.0 Å². The van der Waals surface area contributed by atoms with Gasteiger partial charge >= 0.3 is 0 Å². The Bertz CT molecular complexity index is 1560. The van der Waals surface area contributed by atoms with Crippen LogP contribution in [0.25, 0.3) is 11.0 Å². The molecule has 4 aromatic rings. The van der Waals surface area contributed by atoms with Gasteiger partial charge in [0.2, 0.25) is 5.76 Å². The van der Waals surface area contributed by atoms with Crippen LogP contribution in [-0.2, 0) is 6.54 Å². The van der Waals surface area contributed by atoms with Gasteiger partial charge in [-0.05, 0) is 82.4 Å². The van der Waals surface area contributed by atoms with Crippen LogP contribution in [0.15, 0.2) is 62.2 Å². The van der Waals surface area contributed by atoms with Crippen LogP contribution >= 0.6 is 15.9 Å². The number of halogens is 2. The highest BCUT2D eigenvalue weighted by Gasteiger charge is 2.43. The molecule has 1 aromatic heterocycles. The Labute approximate surface area is 208 Å². The van der Waals surface area contributed by atoms with Gasteiger partial charge in [-0.3, -0.25) is 9.59 Å². The van der Waals surface area contributed by atoms with Gasteiger partial charge in [-0.2, -0.15) is 0 Å². The predicted molar refractivity (Wildman–Crippen MR) is 132 cm³/mol. The lowest BCUT2D eigenvalue weighted by Gasteiger charge is -2.26. The summed E-state index contributed by atoms with van der Waals surface area (Å²) in [5.74, 6) is -0.766. The van der Waals surface area contributed by atoms with Crippen LogP contribution in [0.3, 0.4) is 0 Å². The Hall–Kier alpha value is -3.65. The molecule has 0 fully saturated rings. The Morgan fingerprint density at radius 1 is 1.11 bits per heavy atom. The summed E-state index contributed by atoms with van der Waals surface area (Å²) in [5.41, 5.74) is 3.19. The zero-order valence-corrected chi connectivity index (χ0v) is 20.8. The first-order valence-corrected chi connectivity index (χ1v) is 11.7. The first-order chi connectivity index (χ1) is 16.7. The number of benzene rings is 3. The van der Waals surface area contributed by atoms with Crippen molar-refractivity contribution in [3.05, 3.63) is 103 Å². The number of methoxy groups -OCH3 is 1. The molecule has 35 heavy (non-hydrogen) atoms. The van der Waals surface area contributed by atoms with Crippen LogP contribution in [0.1, 0.15) is 44.4 Å². The number of aryl methyl sites for hydroxylation is 2. The maximum Gasteiger partial charge on any atom is 0.291 e. The number of hydrogen-bond donors (Lipinski definition) is 1. The van der Waals surface area contributed by atoms with Gasteiger partial charge in [-0.1, -0.05) is 18.2 Å². The van der Waals surface area contributed by atoms with Crippen LogP contribution in [0.5, 0.6) is 11.5 Å². The van der Waals surface area contributed by atoms with Gasteiger partial charge in [0.1, 0.15) is 11.4 Å². The van der Waals surface area contributed by atoms with E-state index in [-0.39, 0.29) is 40.6 Å². The number of phenols is 1. The number of fused-ring (bicyclic) bond motifs is 2. The van der Waals surface area contributed by atoms with E-state index >= 15 is 0 Å². The second kappa shape index (κ2) is 8.53. The molecule has 0 saturated heterocycles. The molecule has 0 radical (unpaired) electrons. The average Bonchev–Trinajstić information content (AvgIpc) is 3.08. The second-order valence-corrected chi connectivity index (χ2v) is 9.50. The van der Waals surface area contributed by atoms with Crippen molar-refractivity contribution in [3.63, 3.8) is 0 Å². The van der Waals surface area contributed by atoms with Crippen molar-refractivity contribution in [1.29, 1.82) is 0 Å². The summed E-state index contributed by atoms with van der Waals surface area (Å²) in [6.45, 7) is 3.84. The molecule has 1 aliphatic heterocycles. The summed E-state index contributed by atoms with van der Waals surface area (Å²) in [5, 5.41) is 10.7. The highest BCUT2D eigenvalue weighted by Crippen LogP contribution is 2.44. The molecular weight excluding hydrogens is 517 g/mol. The van der Waals surface area contributed by atoms with Gasteiger partial charge < -0.3 is 19.2 Å². The van der Waals surface area contributed by atoms with Crippen molar-refractivity contribution in [2.75, 3.05) is 7.11 Å². The van der Waals surface area contributed by atoms with Crippen LogP contribution in [0, 0.1) is 19.7 Å². The first kappa shape index (κ1) is 23.1. The molecule has 178 valence electrons. The lowest BCUT2D eigenvalue weighted by Crippen LogP contribution is -2.29. The molecule has 0 bridgehead atoms. The average molecular weight is 538 g/mol. The Morgan fingerprint density at radius 2 is 1.83 bits per heavy atom. The van der Waals surface area contributed by atoms with Crippen molar-refractivity contribution in [3.8, 4) is 11.5 Å². The van der Waals surface area contributed by atoms with E-state index in [2.05, 4.69) is 15.9 Å². The molecule has 1 N–H and O–H groups in total. The summed E-state index contributed by atoms with van der Waals surface area (Å²) in [7, 11) is 1.42. The number of ether oxygens (including phenoxy) is 1. The zero-order chi connectivity index (χ0) is 25.0. The van der Waals surface area contributed by atoms with E-state index in [9.17, 15) is 19.1 Å². The van der Waals surface area contributed by atoms with E-state index in [0.717, 1.165) is 11.1 Å². The molecule has 1 aliphatic rings. The lowest BCUT2D eigenvalue weighted by molar-refractivity contribution is 0.0714. The van der Waals surface area contributed by atoms with E-state index in [1.807, 2.05) is 19.9 Å². The van der Waals surface area contributed by atoms with E-state index in [1.54, 1.807) is 30.3 Å². The minimum Gasteiger partial charge on any atom is -0.503 e. The standard InChI is InChI=1S/C27H21BrFNO5/c1-13-8-14(2)21-19(9-13)35-26-22(25(21)32)23(16-10-18(28)24(31)20(11-16)34-3)30(27(26)33)12-15-4-6-17(29)7-5-15/h4-11,23,31H,12H2,1-3H3. The minimum atomic E-state index is -0.810. The number of aromatic hydroxyl groups is 1. The number of nitrogens with zero attached hydrogens (tertiary/aromatic N) is 1. The van der Waals surface area contributed by atoms with E-state index in [1.165, 1.54) is 24.1 Å². The zero-order valence-electron chi connectivity index (χ0n) is 19.2. The van der Waals surface area contributed by atoms with Crippen LogP contribution in [0.4, 0.5) is 4.39 Å². The third kappa shape index (κ3) is 3.78. The number of hydrogen-bond acceptors (Lipinski definition) is 5. The molecule has 3 aromatic carbocycles. The highest BCUT2D eigenvalue weighted by molar-refractivity contribution is 9.10. The SMILES string of the molecule is COc1cc(C2c3c(oc4cc(C)cc(C)c4c3=O)C(=O)N2Cc2ccc(F)cc2)cc(Br)c1O. The summed E-state index contributed by atoms with van der Waals surface area (Å²) < 4.78 is 25.2. The molecule has 0 saturated carbocycles. The molecule has 0 aliphatic carbocycles. The van der Waals surface area contributed by atoms with Gasteiger partial charge in [0, 0.05) is 6.54 Å². The van der Waals surface area contributed by atoms with Crippen molar-refractivity contribution < 1.29 is 23.4 Å². The molecule has 8 heteroatoms. The maximum atomic E-state index is 13.8. The van der Waals surface area contributed by atoms with Crippen LogP contribution in [-0.4, -0.2) is 23.0 Å². The summed E-state index contributed by atoms with van der Waals surface area (Å²) in [6, 6.07) is 11.9. The number of amides is 1. The van der Waals surface area contributed by atoms with E-state index in [0.29, 0.717) is 26.6 Å². The summed E-state index contributed by atoms with van der Waals surface area (Å²) in [6.07, 6.45) is 0. The first-order valence-electron chi connectivity index (χ1n) is 10.9. The lowest BCUT2D eigenvalue weighted by atomic mass is 9.96. The second-order valence-electron chi connectivity index (χ2n) is 8.64. The molecule has 5 rings (SSSR count). The fourth-order valence-electron chi connectivity index (χ4n) is 4.72. The van der Waals surface area contributed by atoms with Gasteiger partial charge in [-0.25, -0.2) is 4.39 Å². The maximum absolute atomic E-state index is 13.8. The number of carbonyl (C=O) groups excluding carboxylic acids is 1. The van der Waals surface area contributed by atoms with Gasteiger partial charge in [0.05, 0.1) is 28.6 Å². The van der Waals surface area contributed by atoms with E-state index < -0.39 is 11.9 Å². The molecule has 1 atom stereocenters. The number of carbonyl (C=O) groups is 1. The molecule has 6 nitrogen and oxygen atoms in total. The van der Waals surface area contributed by atoms with Crippen LogP contribution in [0.2, 0.25) is 0 Å². The third-order valence-corrected chi connectivity index (χ3v) is 6.87. The predicted octanol–water partition coefficient (Wildman–Crippen LogP) is 5.77. The normalized spacial score (nSPS) is 15.1. The smallest absolute Gasteiger partial charge is 0.291 e. The highest BCUT2D eigenvalue weighted by atomic mass is 79.9. The van der Waals surface area contributed by atoms with Gasteiger partial charge in [0.15, 0.2) is 16.9 Å². The number of rotatable bonds is 4. The molecule has 2 heterocycles. The van der Waals surface area contributed by atoms with Crippen molar-refractivity contribution >= 4 is 32.8 Å². The summed E-state index contributed by atoms with van der Waals surface area (Å²) >= 11 is 3.34. The number of phenolic OH excluding ortho intramolecular Hbond substituents is 1. The summed E-state index contributed by atoms with van der Waals surface area (Å²) in [4.78, 5) is 29.0. The monoisotopic (exact) mass is 537 g/mol. The molecule has 1 unspecified atom stereocenters. The Morgan fingerprint density at radius 3 is 2.51 bits per heavy atom. The van der Waals surface area contributed by atoms with Crippen molar-refractivity contribution in [2.24, 2.45) is 0 Å². The van der Waals surface area contributed by atoms with Crippen LogP contribution < -0.4 is 10.2 Å². The molecular formula is C27H21BrFNO5. The fraction of sp³-hybridized carbons (Fsp3) is 0.185. The van der Waals surface area contributed by atoms with Gasteiger partial charge in [-0.15, -0.1) is 0 Å². The molecule has 0 spiro atoms. The Balaban J connectivity index is 1.78. The van der Waals surface area contributed by atoms with E-state index in [4.69, 9.17) is 9.15 Å². The minimum absolute atomic E-state index is 0.0252. The largest absolute Gasteiger partial charge is 0.503 e. The quantitative estimate of drug-likeness (QED) is 0.357. The fourth-order valence-corrected chi connectivity index (χ4v) is 5.18. The van der Waals surface area contributed by atoms with Crippen molar-refractivity contribution in [2.45, 2.75) is 26.4 Å². The Kier molecular flexibility index (Phi) is 5.63. The molecule has 1 amide bonds. The van der Waals surface area contributed by atoms with Crippen molar-refractivity contribution in [1.82, 2.24) is 4.90 Å². The third-order valence-electron chi connectivity index (χ3n) is 6.26. The van der Waals surface area contributed by atoms with Gasteiger partial charge in [0.25, 0.3) is 5.91 Å².